The Bertz CT molecular complexity index is 421. The zero-order valence-corrected chi connectivity index (χ0v) is 11.5. The van der Waals surface area contributed by atoms with Crippen molar-refractivity contribution in [2.45, 2.75) is 19.8 Å². The SMILES string of the molecule is COc1cccc(C(=O)NCCCC(C)CO)c1N. The number of nitrogen functional groups attached to an aromatic ring is 1. The van der Waals surface area contributed by atoms with Crippen molar-refractivity contribution in [3.05, 3.63) is 23.8 Å². The van der Waals surface area contributed by atoms with Gasteiger partial charge in [0.25, 0.3) is 5.91 Å². The van der Waals surface area contributed by atoms with E-state index in [0.717, 1.165) is 12.8 Å². The molecule has 0 aliphatic carbocycles. The van der Waals surface area contributed by atoms with Gasteiger partial charge < -0.3 is 20.9 Å². The fourth-order valence-electron chi connectivity index (χ4n) is 1.76. The largest absolute Gasteiger partial charge is 0.495 e. The van der Waals surface area contributed by atoms with Gasteiger partial charge in [0.1, 0.15) is 5.75 Å². The van der Waals surface area contributed by atoms with Crippen molar-refractivity contribution in [1.82, 2.24) is 5.32 Å². The number of aliphatic hydroxyl groups excluding tert-OH is 1. The van der Waals surface area contributed by atoms with Gasteiger partial charge in [-0.1, -0.05) is 13.0 Å². The highest BCUT2D eigenvalue weighted by Crippen LogP contribution is 2.24. The van der Waals surface area contributed by atoms with Crippen molar-refractivity contribution in [3.8, 4) is 5.75 Å². The van der Waals surface area contributed by atoms with E-state index in [-0.39, 0.29) is 18.4 Å². The molecule has 0 spiro atoms. The molecule has 0 saturated carbocycles. The molecule has 0 aromatic heterocycles. The molecule has 5 nitrogen and oxygen atoms in total. The van der Waals surface area contributed by atoms with Crippen LogP contribution in [0.5, 0.6) is 5.75 Å². The Hall–Kier alpha value is -1.75. The number of rotatable bonds is 7. The fourth-order valence-corrected chi connectivity index (χ4v) is 1.76. The van der Waals surface area contributed by atoms with Crippen LogP contribution in [0.1, 0.15) is 30.1 Å². The molecule has 1 atom stereocenters. The standard InChI is InChI=1S/C14H22N2O3/c1-10(9-17)5-4-8-16-14(18)11-6-3-7-12(19-2)13(11)15/h3,6-7,10,17H,4-5,8-9,15H2,1-2H3,(H,16,18). The lowest BCUT2D eigenvalue weighted by Gasteiger charge is -2.11. The van der Waals surface area contributed by atoms with E-state index in [0.29, 0.717) is 23.5 Å². The van der Waals surface area contributed by atoms with Crippen LogP contribution in [0, 0.1) is 5.92 Å². The summed E-state index contributed by atoms with van der Waals surface area (Å²) in [5.74, 6) is 0.563. The Morgan fingerprint density at radius 1 is 1.53 bits per heavy atom. The predicted molar refractivity (Wildman–Crippen MR) is 75.2 cm³/mol. The Morgan fingerprint density at radius 2 is 2.26 bits per heavy atom. The van der Waals surface area contributed by atoms with E-state index in [1.54, 1.807) is 18.2 Å². The number of hydrogen-bond acceptors (Lipinski definition) is 4. The molecule has 1 amide bonds. The smallest absolute Gasteiger partial charge is 0.253 e. The Morgan fingerprint density at radius 3 is 2.89 bits per heavy atom. The molecule has 0 radical (unpaired) electrons. The second-order valence-electron chi connectivity index (χ2n) is 4.61. The third-order valence-electron chi connectivity index (χ3n) is 3.00. The summed E-state index contributed by atoms with van der Waals surface area (Å²) in [6.45, 7) is 2.72. The minimum atomic E-state index is -0.201. The number of hydrogen-bond donors (Lipinski definition) is 3. The average molecular weight is 266 g/mol. The highest BCUT2D eigenvalue weighted by atomic mass is 16.5. The summed E-state index contributed by atoms with van der Waals surface area (Å²) < 4.78 is 5.07. The number of amides is 1. The molecule has 1 unspecified atom stereocenters. The number of anilines is 1. The number of nitrogens with one attached hydrogen (secondary N) is 1. The summed E-state index contributed by atoms with van der Waals surface area (Å²) in [5.41, 5.74) is 6.63. The van der Waals surface area contributed by atoms with Crippen LogP contribution >= 0.6 is 0 Å². The van der Waals surface area contributed by atoms with E-state index in [1.165, 1.54) is 7.11 Å². The van der Waals surface area contributed by atoms with Crippen LogP contribution in [-0.4, -0.2) is 31.3 Å². The van der Waals surface area contributed by atoms with Crippen LogP contribution in [0.15, 0.2) is 18.2 Å². The van der Waals surface area contributed by atoms with Crippen LogP contribution in [0.4, 0.5) is 5.69 Å². The van der Waals surface area contributed by atoms with E-state index in [4.69, 9.17) is 15.6 Å². The average Bonchev–Trinajstić information content (AvgIpc) is 2.43. The number of carbonyl (C=O) groups is 1. The lowest BCUT2D eigenvalue weighted by Crippen LogP contribution is -2.25. The van der Waals surface area contributed by atoms with Crippen molar-refractivity contribution in [2.75, 3.05) is 26.0 Å². The fraction of sp³-hybridized carbons (Fsp3) is 0.500. The molecule has 19 heavy (non-hydrogen) atoms. The molecule has 4 N–H and O–H groups in total. The first-order valence-corrected chi connectivity index (χ1v) is 6.41. The lowest BCUT2D eigenvalue weighted by molar-refractivity contribution is 0.0952. The molecule has 0 aliphatic heterocycles. The van der Waals surface area contributed by atoms with Crippen LogP contribution in [0.3, 0.4) is 0 Å². The topological polar surface area (TPSA) is 84.6 Å². The summed E-state index contributed by atoms with van der Waals surface area (Å²) in [7, 11) is 1.52. The van der Waals surface area contributed by atoms with Gasteiger partial charge in [0.05, 0.1) is 18.4 Å². The Labute approximate surface area is 113 Å². The summed E-state index contributed by atoms with van der Waals surface area (Å²) in [6.07, 6.45) is 1.71. The highest BCUT2D eigenvalue weighted by Gasteiger charge is 2.12. The zero-order valence-electron chi connectivity index (χ0n) is 11.5. The maximum absolute atomic E-state index is 12.0. The minimum absolute atomic E-state index is 0.177. The molecule has 0 heterocycles. The minimum Gasteiger partial charge on any atom is -0.495 e. The maximum atomic E-state index is 12.0. The van der Waals surface area contributed by atoms with Crippen molar-refractivity contribution in [2.24, 2.45) is 5.92 Å². The van der Waals surface area contributed by atoms with E-state index in [1.807, 2.05) is 6.92 Å². The van der Waals surface area contributed by atoms with E-state index < -0.39 is 0 Å². The van der Waals surface area contributed by atoms with Crippen LogP contribution in [0.25, 0.3) is 0 Å². The van der Waals surface area contributed by atoms with E-state index in [2.05, 4.69) is 5.32 Å². The van der Waals surface area contributed by atoms with Gasteiger partial charge in [0, 0.05) is 13.2 Å². The third kappa shape index (κ3) is 4.44. The number of nitrogens with two attached hydrogens (primary N) is 1. The number of benzene rings is 1. The normalized spacial score (nSPS) is 11.9. The monoisotopic (exact) mass is 266 g/mol. The van der Waals surface area contributed by atoms with Crippen LogP contribution in [-0.2, 0) is 0 Å². The van der Waals surface area contributed by atoms with Crippen molar-refractivity contribution in [3.63, 3.8) is 0 Å². The molecular formula is C14H22N2O3. The molecule has 5 heteroatoms. The van der Waals surface area contributed by atoms with Crippen LogP contribution < -0.4 is 15.8 Å². The summed E-state index contributed by atoms with van der Waals surface area (Å²) in [6, 6.07) is 5.12. The number of aliphatic hydroxyl groups is 1. The lowest BCUT2D eigenvalue weighted by atomic mass is 10.1. The Kier molecular flexibility index (Phi) is 6.15. The molecule has 1 aromatic rings. The van der Waals surface area contributed by atoms with Crippen molar-refractivity contribution >= 4 is 11.6 Å². The first kappa shape index (κ1) is 15.3. The van der Waals surface area contributed by atoms with E-state index in [9.17, 15) is 4.79 Å². The molecule has 1 rings (SSSR count). The quantitative estimate of drug-likeness (QED) is 0.514. The van der Waals surface area contributed by atoms with Gasteiger partial charge in [-0.15, -0.1) is 0 Å². The number of ether oxygens (including phenoxy) is 1. The first-order valence-electron chi connectivity index (χ1n) is 6.41. The first-order chi connectivity index (χ1) is 9.10. The predicted octanol–water partition coefficient (Wildman–Crippen LogP) is 1.42. The van der Waals surface area contributed by atoms with E-state index >= 15 is 0 Å². The highest BCUT2D eigenvalue weighted by molar-refractivity contribution is 6.00. The molecular weight excluding hydrogens is 244 g/mol. The van der Waals surface area contributed by atoms with Gasteiger partial charge >= 0.3 is 0 Å². The molecule has 106 valence electrons. The number of para-hydroxylation sites is 1. The summed E-state index contributed by atoms with van der Waals surface area (Å²) in [4.78, 5) is 12.0. The number of carbonyl (C=O) groups excluding carboxylic acids is 1. The zero-order chi connectivity index (χ0) is 14.3. The second kappa shape index (κ2) is 7.63. The van der Waals surface area contributed by atoms with Gasteiger partial charge in [-0.3, -0.25) is 4.79 Å². The summed E-state index contributed by atoms with van der Waals surface area (Å²) in [5, 5.41) is 11.7. The van der Waals surface area contributed by atoms with Gasteiger partial charge in [0.15, 0.2) is 0 Å². The maximum Gasteiger partial charge on any atom is 0.253 e. The third-order valence-corrected chi connectivity index (χ3v) is 3.00. The van der Waals surface area contributed by atoms with Crippen LogP contribution in [0.2, 0.25) is 0 Å². The number of methoxy groups -OCH3 is 1. The van der Waals surface area contributed by atoms with Gasteiger partial charge in [-0.25, -0.2) is 0 Å². The van der Waals surface area contributed by atoms with Crippen molar-refractivity contribution in [1.29, 1.82) is 0 Å². The Balaban J connectivity index is 2.50. The molecule has 0 fully saturated rings. The second-order valence-corrected chi connectivity index (χ2v) is 4.61. The van der Waals surface area contributed by atoms with Gasteiger partial charge in [-0.05, 0) is 30.9 Å². The van der Waals surface area contributed by atoms with Crippen molar-refractivity contribution < 1.29 is 14.6 Å². The molecule has 0 aliphatic rings. The summed E-state index contributed by atoms with van der Waals surface area (Å²) >= 11 is 0. The molecule has 1 aromatic carbocycles. The van der Waals surface area contributed by atoms with Gasteiger partial charge in [0.2, 0.25) is 0 Å². The van der Waals surface area contributed by atoms with Gasteiger partial charge in [-0.2, -0.15) is 0 Å². The molecule has 0 saturated heterocycles. The molecule has 0 bridgehead atoms.